The van der Waals surface area contributed by atoms with Crippen molar-refractivity contribution in [3.05, 3.63) is 106 Å². The van der Waals surface area contributed by atoms with Crippen LogP contribution < -0.4 is 0 Å². The molecule has 2 aromatic rings. The highest BCUT2D eigenvalue weighted by Crippen LogP contribution is 2.45. The first kappa shape index (κ1) is 23.1. The summed E-state index contributed by atoms with van der Waals surface area (Å²) in [5.41, 5.74) is 4.99. The summed E-state index contributed by atoms with van der Waals surface area (Å²) in [5.74, 6) is 0. The second-order valence-electron chi connectivity index (χ2n) is 6.85. The summed E-state index contributed by atoms with van der Waals surface area (Å²) < 4.78 is 41.1. The van der Waals surface area contributed by atoms with Gasteiger partial charge in [-0.3, -0.25) is 0 Å². The molecule has 0 saturated carbocycles. The molecule has 0 radical (unpaired) electrons. The van der Waals surface area contributed by atoms with Crippen molar-refractivity contribution in [1.29, 1.82) is 0 Å². The molecular weight excluding hydrogens is 441 g/mol. The minimum absolute atomic E-state index is 1.22. The lowest BCUT2D eigenvalue weighted by Gasteiger charge is -2.17. The molecule has 0 amide bonds. The van der Waals surface area contributed by atoms with E-state index >= 15 is 0 Å². The summed E-state index contributed by atoms with van der Waals surface area (Å²) in [6.07, 6.45) is 13.4. The van der Waals surface area contributed by atoms with Gasteiger partial charge >= 0.3 is 7.25 Å². The Kier molecular flexibility index (Phi) is 7.57. The standard InChI is InChI=1S/C23H20NS2.BF4/c1-24(2)20-12-10-17(11-13-20)19-15-22(18-7-4-3-5-8-18)26-23(16-19)21-9-6-14-25-21;2-1(3,4)5/h3-16H,1-2H3;/q+1;-1. The number of benzene rings is 1. The molecule has 2 heterocycles. The molecule has 1 aliphatic carbocycles. The van der Waals surface area contributed by atoms with Gasteiger partial charge in [-0.15, -0.1) is 11.3 Å². The Morgan fingerprint density at radius 3 is 1.90 bits per heavy atom. The average molecular weight is 461 g/mol. The summed E-state index contributed by atoms with van der Waals surface area (Å²) in [6.45, 7) is 0. The topological polar surface area (TPSA) is 3.01 Å². The van der Waals surface area contributed by atoms with Gasteiger partial charge in [-0.2, -0.15) is 0 Å². The highest BCUT2D eigenvalue weighted by Gasteiger charge is 2.20. The Morgan fingerprint density at radius 1 is 0.742 bits per heavy atom. The Labute approximate surface area is 187 Å². The van der Waals surface area contributed by atoms with Crippen LogP contribution in [0.4, 0.5) is 17.3 Å². The summed E-state index contributed by atoms with van der Waals surface area (Å²) in [7, 11) is -1.86. The van der Waals surface area contributed by atoms with E-state index in [1.165, 1.54) is 37.1 Å². The van der Waals surface area contributed by atoms with Crippen LogP contribution in [0.5, 0.6) is 0 Å². The number of rotatable bonds is 2. The van der Waals surface area contributed by atoms with E-state index in [1.807, 2.05) is 11.8 Å². The van der Waals surface area contributed by atoms with E-state index < -0.39 is 7.25 Å². The van der Waals surface area contributed by atoms with Gasteiger partial charge in [-0.05, 0) is 52.5 Å². The highest BCUT2D eigenvalue weighted by atomic mass is 32.2. The molecule has 0 N–H and O–H groups in total. The van der Waals surface area contributed by atoms with Gasteiger partial charge < -0.3 is 17.3 Å². The minimum Gasteiger partial charge on any atom is -0.418 e. The third-order valence-electron chi connectivity index (χ3n) is 4.33. The van der Waals surface area contributed by atoms with Gasteiger partial charge in [0.05, 0.1) is 0 Å². The van der Waals surface area contributed by atoms with E-state index in [4.69, 9.17) is 0 Å². The van der Waals surface area contributed by atoms with Crippen LogP contribution in [0, 0.1) is 0 Å². The van der Waals surface area contributed by atoms with E-state index in [1.54, 1.807) is 11.3 Å². The van der Waals surface area contributed by atoms with Crippen LogP contribution in [-0.2, 0) is 0 Å². The maximum Gasteiger partial charge on any atom is 0.673 e. The highest BCUT2D eigenvalue weighted by molar-refractivity contribution is 8.16. The van der Waals surface area contributed by atoms with Crippen LogP contribution in [0.15, 0.2) is 95.4 Å². The van der Waals surface area contributed by atoms with Crippen molar-refractivity contribution in [3.63, 3.8) is 0 Å². The molecule has 1 nitrogen and oxygen atoms in total. The Hall–Kier alpha value is -2.58. The zero-order valence-corrected chi connectivity index (χ0v) is 18.6. The summed E-state index contributed by atoms with van der Waals surface area (Å²) in [4.78, 5) is 3.93. The van der Waals surface area contributed by atoms with Gasteiger partial charge in [-0.25, -0.2) is 4.58 Å². The zero-order chi connectivity index (χ0) is 22.4. The third-order valence-corrected chi connectivity index (χ3v) is 6.50. The van der Waals surface area contributed by atoms with Crippen LogP contribution in [0.1, 0.15) is 10.4 Å². The normalized spacial score (nSPS) is 15.9. The molecule has 0 fully saturated rings. The monoisotopic (exact) mass is 461 g/mol. The van der Waals surface area contributed by atoms with Gasteiger partial charge in [-0.1, -0.05) is 48.2 Å². The lowest BCUT2D eigenvalue weighted by molar-refractivity contribution is -0.462. The summed E-state index contributed by atoms with van der Waals surface area (Å²) in [5, 5.41) is 2.14. The quantitative estimate of drug-likeness (QED) is 0.257. The van der Waals surface area contributed by atoms with Gasteiger partial charge in [0.1, 0.15) is 14.1 Å². The van der Waals surface area contributed by atoms with E-state index in [0.717, 1.165) is 0 Å². The molecule has 4 rings (SSSR count). The van der Waals surface area contributed by atoms with Gasteiger partial charge in [0, 0.05) is 26.8 Å². The molecule has 0 spiro atoms. The fourth-order valence-corrected chi connectivity index (χ4v) is 4.84. The van der Waals surface area contributed by atoms with E-state index in [0.29, 0.717) is 0 Å². The molecule has 0 atom stereocenters. The number of hydrogen-bond donors (Lipinski definition) is 0. The lowest BCUT2D eigenvalue weighted by atomic mass is 10.00. The van der Waals surface area contributed by atoms with Crippen LogP contribution >= 0.6 is 23.1 Å². The maximum atomic E-state index is 9.75. The van der Waals surface area contributed by atoms with Crippen molar-refractivity contribution < 1.29 is 21.8 Å². The van der Waals surface area contributed by atoms with Gasteiger partial charge in [0.25, 0.3) is 0 Å². The first-order chi connectivity index (χ1) is 14.7. The summed E-state index contributed by atoms with van der Waals surface area (Å²) >= 11 is 3.65. The number of allylic oxidation sites excluding steroid dienone is 8. The zero-order valence-electron chi connectivity index (χ0n) is 16.9. The average Bonchev–Trinajstić information content (AvgIpc) is 3.28. The molecule has 0 saturated heterocycles. The number of halogens is 4. The first-order valence-corrected chi connectivity index (χ1v) is 11.1. The predicted octanol–water partition coefficient (Wildman–Crippen LogP) is 7.31. The second-order valence-corrected chi connectivity index (χ2v) is 8.89. The van der Waals surface area contributed by atoms with Crippen molar-refractivity contribution in [3.8, 4) is 0 Å². The fraction of sp³-hybridized carbons (Fsp3) is 0.0870. The van der Waals surface area contributed by atoms with E-state index in [-0.39, 0.29) is 0 Å². The van der Waals surface area contributed by atoms with Crippen molar-refractivity contribution in [2.75, 3.05) is 14.1 Å². The van der Waals surface area contributed by atoms with E-state index in [9.17, 15) is 17.3 Å². The molecule has 1 aromatic carbocycles. The lowest BCUT2D eigenvalue weighted by Crippen LogP contribution is -2.09. The number of nitrogens with zero attached hydrogens (tertiary/aromatic N) is 1. The van der Waals surface area contributed by atoms with Crippen molar-refractivity contribution >= 4 is 45.9 Å². The minimum atomic E-state index is -6.00. The Balaban J connectivity index is 0.000000491. The Bertz CT molecular complexity index is 1080. The summed E-state index contributed by atoms with van der Waals surface area (Å²) in [6, 6.07) is 15.0. The SMILES string of the molecule is C[N+](C)=C1C=CC(=C2C=C(c3ccccc3)SC(c3cccs3)=C2)C=C1.F[B-](F)(F)F. The largest absolute Gasteiger partial charge is 0.673 e. The molecule has 1 aromatic heterocycles. The molecule has 31 heavy (non-hydrogen) atoms. The molecule has 0 bridgehead atoms. The maximum absolute atomic E-state index is 9.75. The molecule has 160 valence electrons. The second kappa shape index (κ2) is 10.2. The van der Waals surface area contributed by atoms with Gasteiger partial charge in [0.2, 0.25) is 0 Å². The molecule has 8 heteroatoms. The number of hydrogen-bond acceptors (Lipinski definition) is 2. The van der Waals surface area contributed by atoms with Crippen LogP contribution in [-0.4, -0.2) is 31.6 Å². The fourth-order valence-electron chi connectivity index (χ4n) is 2.91. The van der Waals surface area contributed by atoms with Crippen molar-refractivity contribution in [2.24, 2.45) is 0 Å². The van der Waals surface area contributed by atoms with Crippen LogP contribution in [0.2, 0.25) is 0 Å². The van der Waals surface area contributed by atoms with E-state index in [2.05, 4.69) is 103 Å². The van der Waals surface area contributed by atoms with Crippen molar-refractivity contribution in [1.82, 2.24) is 0 Å². The molecule has 2 aliphatic rings. The van der Waals surface area contributed by atoms with Gasteiger partial charge in [0.15, 0.2) is 5.71 Å². The third kappa shape index (κ3) is 6.97. The number of thiophene rings is 1. The molecule has 0 unspecified atom stereocenters. The van der Waals surface area contributed by atoms with Crippen LogP contribution in [0.3, 0.4) is 0 Å². The van der Waals surface area contributed by atoms with Crippen molar-refractivity contribution in [2.45, 2.75) is 0 Å². The number of thioether (sulfide) groups is 1. The smallest absolute Gasteiger partial charge is 0.418 e. The molecule has 1 aliphatic heterocycles. The molecular formula is C23H20BF4NS2. The first-order valence-electron chi connectivity index (χ1n) is 9.43. The van der Waals surface area contributed by atoms with Crippen LogP contribution in [0.25, 0.3) is 9.81 Å². The predicted molar refractivity (Wildman–Crippen MR) is 127 cm³/mol. The Morgan fingerprint density at radius 2 is 1.35 bits per heavy atom.